The molecule has 2 rings (SSSR count). The average molecular weight is 230 g/mol. The number of rotatable bonds is 4. The van der Waals surface area contributed by atoms with Gasteiger partial charge in [-0.25, -0.2) is 0 Å². The van der Waals surface area contributed by atoms with Crippen LogP contribution in [-0.4, -0.2) is 30.6 Å². The van der Waals surface area contributed by atoms with E-state index in [1.807, 2.05) is 12.1 Å². The van der Waals surface area contributed by atoms with Gasteiger partial charge in [-0.3, -0.25) is 4.90 Å². The van der Waals surface area contributed by atoms with Crippen LogP contribution in [0.1, 0.15) is 25.3 Å². The van der Waals surface area contributed by atoms with Gasteiger partial charge in [0.05, 0.1) is 11.6 Å². The molecule has 1 fully saturated rings. The molecule has 1 atom stereocenters. The van der Waals surface area contributed by atoms with Crippen LogP contribution in [0.5, 0.6) is 5.75 Å². The van der Waals surface area contributed by atoms with Gasteiger partial charge in [0.25, 0.3) is 0 Å². The third kappa shape index (κ3) is 3.21. The quantitative estimate of drug-likeness (QED) is 0.797. The smallest absolute Gasteiger partial charge is 0.119 e. The van der Waals surface area contributed by atoms with E-state index in [-0.39, 0.29) is 0 Å². The molecule has 1 aliphatic heterocycles. The molecule has 0 radical (unpaired) electrons. The van der Waals surface area contributed by atoms with E-state index in [2.05, 4.69) is 17.9 Å². The lowest BCUT2D eigenvalue weighted by molar-refractivity contribution is 0.204. The van der Waals surface area contributed by atoms with Crippen LogP contribution in [-0.2, 0) is 0 Å². The first-order valence-corrected chi connectivity index (χ1v) is 6.16. The molecule has 1 heterocycles. The van der Waals surface area contributed by atoms with E-state index in [0.29, 0.717) is 11.6 Å². The Morgan fingerprint density at radius 3 is 2.76 bits per heavy atom. The second-order valence-corrected chi connectivity index (χ2v) is 4.51. The molecule has 0 aromatic heterocycles. The van der Waals surface area contributed by atoms with E-state index in [1.54, 1.807) is 12.1 Å². The second kappa shape index (κ2) is 5.70. The van der Waals surface area contributed by atoms with Crippen molar-refractivity contribution >= 4 is 0 Å². The summed E-state index contributed by atoms with van der Waals surface area (Å²) in [5.41, 5.74) is 0.672. The Bertz CT molecular complexity index is 394. The van der Waals surface area contributed by atoms with Crippen molar-refractivity contribution in [1.29, 1.82) is 5.26 Å². The number of likely N-dealkylation sites (tertiary alicyclic amines) is 1. The Morgan fingerprint density at radius 1 is 1.41 bits per heavy atom. The van der Waals surface area contributed by atoms with Crippen LogP contribution in [0.3, 0.4) is 0 Å². The monoisotopic (exact) mass is 230 g/mol. The van der Waals surface area contributed by atoms with E-state index in [4.69, 9.17) is 10.00 Å². The fourth-order valence-electron chi connectivity index (χ4n) is 2.23. The third-order valence-corrected chi connectivity index (χ3v) is 3.32. The highest BCUT2D eigenvalue weighted by atomic mass is 16.5. The molecule has 1 aromatic carbocycles. The fraction of sp³-hybridized carbons (Fsp3) is 0.500. The molecule has 0 aliphatic carbocycles. The molecule has 0 N–H and O–H groups in total. The summed E-state index contributed by atoms with van der Waals surface area (Å²) in [7, 11) is 0. The Kier molecular flexibility index (Phi) is 4.00. The largest absolute Gasteiger partial charge is 0.492 e. The first kappa shape index (κ1) is 11.9. The minimum atomic E-state index is 0.672. The van der Waals surface area contributed by atoms with Crippen molar-refractivity contribution in [3.63, 3.8) is 0 Å². The van der Waals surface area contributed by atoms with Gasteiger partial charge in [0, 0.05) is 12.6 Å². The molecule has 1 aliphatic rings. The lowest BCUT2D eigenvalue weighted by Gasteiger charge is -2.20. The van der Waals surface area contributed by atoms with Crippen molar-refractivity contribution in [2.45, 2.75) is 25.8 Å². The highest BCUT2D eigenvalue weighted by Gasteiger charge is 2.19. The first-order chi connectivity index (χ1) is 8.29. The molecule has 1 saturated heterocycles. The van der Waals surface area contributed by atoms with Gasteiger partial charge >= 0.3 is 0 Å². The van der Waals surface area contributed by atoms with Crippen LogP contribution in [0.15, 0.2) is 24.3 Å². The Labute approximate surface area is 103 Å². The van der Waals surface area contributed by atoms with Gasteiger partial charge in [-0.2, -0.15) is 5.26 Å². The van der Waals surface area contributed by atoms with E-state index < -0.39 is 0 Å². The molecule has 0 bridgehead atoms. The summed E-state index contributed by atoms with van der Waals surface area (Å²) in [4.78, 5) is 2.46. The number of nitrogens with zero attached hydrogens (tertiary/aromatic N) is 2. The molecular formula is C14H18N2O. The van der Waals surface area contributed by atoms with Crippen LogP contribution in [0.4, 0.5) is 0 Å². The Hall–Kier alpha value is -1.53. The van der Waals surface area contributed by atoms with Gasteiger partial charge in [0.15, 0.2) is 0 Å². The van der Waals surface area contributed by atoms with Crippen molar-refractivity contribution in [2.24, 2.45) is 0 Å². The molecule has 90 valence electrons. The number of hydrogen-bond acceptors (Lipinski definition) is 3. The number of nitriles is 1. The van der Waals surface area contributed by atoms with Gasteiger partial charge < -0.3 is 4.74 Å². The van der Waals surface area contributed by atoms with Crippen LogP contribution in [0, 0.1) is 11.3 Å². The minimum Gasteiger partial charge on any atom is -0.492 e. The topological polar surface area (TPSA) is 36.3 Å². The van der Waals surface area contributed by atoms with Gasteiger partial charge in [-0.05, 0) is 50.6 Å². The summed E-state index contributed by atoms with van der Waals surface area (Å²) in [6.45, 7) is 5.17. The molecule has 3 heteroatoms. The highest BCUT2D eigenvalue weighted by molar-refractivity contribution is 5.34. The number of ether oxygens (including phenoxy) is 1. The summed E-state index contributed by atoms with van der Waals surface area (Å²) in [5.74, 6) is 0.843. The van der Waals surface area contributed by atoms with Crippen molar-refractivity contribution in [3.05, 3.63) is 29.8 Å². The van der Waals surface area contributed by atoms with Gasteiger partial charge in [-0.1, -0.05) is 0 Å². The van der Waals surface area contributed by atoms with Crippen molar-refractivity contribution in [1.82, 2.24) is 4.90 Å². The summed E-state index contributed by atoms with van der Waals surface area (Å²) >= 11 is 0. The van der Waals surface area contributed by atoms with Crippen LogP contribution in [0.2, 0.25) is 0 Å². The Balaban J connectivity index is 1.76. The van der Waals surface area contributed by atoms with Crippen molar-refractivity contribution in [3.8, 4) is 11.8 Å². The zero-order valence-electron chi connectivity index (χ0n) is 10.2. The Morgan fingerprint density at radius 2 is 2.18 bits per heavy atom. The molecule has 1 unspecified atom stereocenters. The number of hydrogen-bond donors (Lipinski definition) is 0. The molecule has 1 aromatic rings. The standard InChI is InChI=1S/C14H18N2O/c1-12-3-2-8-16(12)9-10-17-14-6-4-13(11-15)5-7-14/h4-7,12H,2-3,8-10H2,1H3. The molecular weight excluding hydrogens is 212 g/mol. The number of benzene rings is 1. The molecule has 17 heavy (non-hydrogen) atoms. The highest BCUT2D eigenvalue weighted by Crippen LogP contribution is 2.16. The SMILES string of the molecule is CC1CCCN1CCOc1ccc(C#N)cc1. The van der Waals surface area contributed by atoms with E-state index in [1.165, 1.54) is 19.4 Å². The third-order valence-electron chi connectivity index (χ3n) is 3.32. The second-order valence-electron chi connectivity index (χ2n) is 4.51. The first-order valence-electron chi connectivity index (χ1n) is 6.16. The van der Waals surface area contributed by atoms with E-state index in [0.717, 1.165) is 18.9 Å². The molecule has 0 saturated carbocycles. The maximum Gasteiger partial charge on any atom is 0.119 e. The van der Waals surface area contributed by atoms with Crippen LogP contribution in [0.25, 0.3) is 0 Å². The van der Waals surface area contributed by atoms with Crippen molar-refractivity contribution in [2.75, 3.05) is 19.7 Å². The molecule has 3 nitrogen and oxygen atoms in total. The van der Waals surface area contributed by atoms with E-state index in [9.17, 15) is 0 Å². The minimum absolute atomic E-state index is 0.672. The molecule has 0 spiro atoms. The fourth-order valence-corrected chi connectivity index (χ4v) is 2.23. The predicted molar refractivity (Wildman–Crippen MR) is 66.9 cm³/mol. The van der Waals surface area contributed by atoms with E-state index >= 15 is 0 Å². The summed E-state index contributed by atoms with van der Waals surface area (Å²) in [6, 6.07) is 10.1. The van der Waals surface area contributed by atoms with Crippen LogP contribution >= 0.6 is 0 Å². The lowest BCUT2D eigenvalue weighted by atomic mass is 10.2. The maximum absolute atomic E-state index is 8.68. The zero-order chi connectivity index (χ0) is 12.1. The van der Waals surface area contributed by atoms with Gasteiger partial charge in [0.1, 0.15) is 12.4 Å². The van der Waals surface area contributed by atoms with Gasteiger partial charge in [-0.15, -0.1) is 0 Å². The van der Waals surface area contributed by atoms with Crippen molar-refractivity contribution < 1.29 is 4.74 Å². The summed E-state index contributed by atoms with van der Waals surface area (Å²) in [5, 5.41) is 8.68. The maximum atomic E-state index is 8.68. The lowest BCUT2D eigenvalue weighted by Crippen LogP contribution is -2.31. The van der Waals surface area contributed by atoms with Gasteiger partial charge in [0.2, 0.25) is 0 Å². The summed E-state index contributed by atoms with van der Waals surface area (Å²) < 4.78 is 5.66. The summed E-state index contributed by atoms with van der Waals surface area (Å²) in [6.07, 6.45) is 2.61. The average Bonchev–Trinajstić information content (AvgIpc) is 2.76. The predicted octanol–water partition coefficient (Wildman–Crippen LogP) is 2.42. The zero-order valence-corrected chi connectivity index (χ0v) is 10.2. The molecule has 0 amide bonds. The normalized spacial score (nSPS) is 20.1. The van der Waals surface area contributed by atoms with Crippen LogP contribution < -0.4 is 4.74 Å².